The molecule has 12 heavy (non-hydrogen) atoms. The Labute approximate surface area is 74.2 Å². The third-order valence-corrected chi connectivity index (χ3v) is 2.05. The second kappa shape index (κ2) is 3.87. The van der Waals surface area contributed by atoms with Gasteiger partial charge in [0.2, 0.25) is 0 Å². The van der Waals surface area contributed by atoms with E-state index in [9.17, 15) is 5.11 Å². The van der Waals surface area contributed by atoms with Gasteiger partial charge in [0.05, 0.1) is 6.10 Å². The fraction of sp³-hybridized carbons (Fsp3) is 0.600. The Morgan fingerprint density at radius 2 is 2.17 bits per heavy atom. The standard InChI is InChI=1S/C10H17NO/c1-8-4-5-10(12)9(6-8)7-11(2)3/h4-6,9-10,12H,7H2,1-3H3. The zero-order valence-electron chi connectivity index (χ0n) is 7.99. The quantitative estimate of drug-likeness (QED) is 0.664. The molecule has 1 N–H and O–H groups in total. The first kappa shape index (κ1) is 9.49. The Bertz CT molecular complexity index is 206. The van der Waals surface area contributed by atoms with Crippen LogP contribution in [0.5, 0.6) is 0 Å². The molecule has 0 radical (unpaired) electrons. The van der Waals surface area contributed by atoms with Gasteiger partial charge in [-0.1, -0.05) is 23.8 Å². The molecule has 0 fully saturated rings. The highest BCUT2D eigenvalue weighted by Gasteiger charge is 2.17. The Hall–Kier alpha value is -0.600. The van der Waals surface area contributed by atoms with Crippen molar-refractivity contribution in [3.63, 3.8) is 0 Å². The number of hydrogen-bond acceptors (Lipinski definition) is 2. The topological polar surface area (TPSA) is 23.5 Å². The van der Waals surface area contributed by atoms with Crippen molar-refractivity contribution in [3.05, 3.63) is 23.8 Å². The summed E-state index contributed by atoms with van der Waals surface area (Å²) in [5.41, 5.74) is 1.24. The molecule has 2 heteroatoms. The predicted octanol–water partition coefficient (Wildman–Crippen LogP) is 1.04. The summed E-state index contributed by atoms with van der Waals surface area (Å²) in [6.45, 7) is 2.97. The lowest BCUT2D eigenvalue weighted by molar-refractivity contribution is 0.153. The molecule has 0 aromatic carbocycles. The molecule has 0 bridgehead atoms. The lowest BCUT2D eigenvalue weighted by atomic mass is 9.94. The van der Waals surface area contributed by atoms with Gasteiger partial charge in [-0.05, 0) is 21.0 Å². The third kappa shape index (κ3) is 2.47. The van der Waals surface area contributed by atoms with Gasteiger partial charge in [0.15, 0.2) is 0 Å². The maximum Gasteiger partial charge on any atom is 0.0799 e. The van der Waals surface area contributed by atoms with E-state index in [2.05, 4.69) is 17.9 Å². The molecule has 68 valence electrons. The van der Waals surface area contributed by atoms with Crippen LogP contribution in [0.15, 0.2) is 23.8 Å². The van der Waals surface area contributed by atoms with Crippen LogP contribution >= 0.6 is 0 Å². The van der Waals surface area contributed by atoms with Gasteiger partial charge in [0, 0.05) is 12.5 Å². The summed E-state index contributed by atoms with van der Waals surface area (Å²) in [5, 5.41) is 9.58. The summed E-state index contributed by atoms with van der Waals surface area (Å²) in [7, 11) is 4.04. The smallest absolute Gasteiger partial charge is 0.0799 e. The molecule has 0 aromatic rings. The van der Waals surface area contributed by atoms with E-state index in [1.54, 1.807) is 0 Å². The number of aliphatic hydroxyl groups is 1. The number of aliphatic hydroxyl groups excluding tert-OH is 1. The zero-order valence-corrected chi connectivity index (χ0v) is 7.99. The van der Waals surface area contributed by atoms with Gasteiger partial charge < -0.3 is 10.0 Å². The zero-order chi connectivity index (χ0) is 9.14. The van der Waals surface area contributed by atoms with E-state index in [-0.39, 0.29) is 12.0 Å². The first-order valence-corrected chi connectivity index (χ1v) is 4.29. The van der Waals surface area contributed by atoms with Crippen LogP contribution in [0.1, 0.15) is 6.92 Å². The highest BCUT2D eigenvalue weighted by atomic mass is 16.3. The number of allylic oxidation sites excluding steroid dienone is 2. The molecule has 1 aliphatic rings. The van der Waals surface area contributed by atoms with Crippen LogP contribution in [-0.4, -0.2) is 36.8 Å². The van der Waals surface area contributed by atoms with Crippen LogP contribution < -0.4 is 0 Å². The Balaban J connectivity index is 2.58. The van der Waals surface area contributed by atoms with Gasteiger partial charge in [-0.15, -0.1) is 0 Å². The average molecular weight is 167 g/mol. The second-order valence-electron chi connectivity index (χ2n) is 3.69. The van der Waals surface area contributed by atoms with Crippen LogP contribution in [-0.2, 0) is 0 Å². The lowest BCUT2D eigenvalue weighted by Gasteiger charge is -2.24. The van der Waals surface area contributed by atoms with Crippen LogP contribution in [0, 0.1) is 5.92 Å². The fourth-order valence-corrected chi connectivity index (χ4v) is 1.47. The fourth-order valence-electron chi connectivity index (χ4n) is 1.47. The third-order valence-electron chi connectivity index (χ3n) is 2.05. The van der Waals surface area contributed by atoms with Crippen LogP contribution in [0.25, 0.3) is 0 Å². The largest absolute Gasteiger partial charge is 0.388 e. The second-order valence-corrected chi connectivity index (χ2v) is 3.69. The van der Waals surface area contributed by atoms with E-state index < -0.39 is 0 Å². The maximum absolute atomic E-state index is 9.58. The summed E-state index contributed by atoms with van der Waals surface area (Å²) in [5.74, 6) is 0.255. The van der Waals surface area contributed by atoms with Crippen LogP contribution in [0.3, 0.4) is 0 Å². The summed E-state index contributed by atoms with van der Waals surface area (Å²) in [6.07, 6.45) is 5.65. The molecule has 0 spiro atoms. The monoisotopic (exact) mass is 167 g/mol. The molecular weight excluding hydrogens is 150 g/mol. The minimum atomic E-state index is -0.309. The summed E-state index contributed by atoms with van der Waals surface area (Å²) in [4.78, 5) is 2.09. The predicted molar refractivity (Wildman–Crippen MR) is 50.9 cm³/mol. The van der Waals surface area contributed by atoms with E-state index in [1.165, 1.54) is 5.57 Å². The Morgan fingerprint density at radius 3 is 2.75 bits per heavy atom. The van der Waals surface area contributed by atoms with E-state index in [0.717, 1.165) is 6.54 Å². The molecule has 0 saturated heterocycles. The van der Waals surface area contributed by atoms with E-state index in [1.807, 2.05) is 26.2 Å². The van der Waals surface area contributed by atoms with Gasteiger partial charge in [-0.3, -0.25) is 0 Å². The van der Waals surface area contributed by atoms with Gasteiger partial charge in [-0.2, -0.15) is 0 Å². The lowest BCUT2D eigenvalue weighted by Crippen LogP contribution is -2.29. The van der Waals surface area contributed by atoms with Crippen molar-refractivity contribution in [1.82, 2.24) is 4.90 Å². The normalized spacial score (nSPS) is 29.2. The SMILES string of the molecule is CC1=CC(CN(C)C)C(O)C=C1. The minimum absolute atomic E-state index is 0.255. The first-order chi connectivity index (χ1) is 5.59. The highest BCUT2D eigenvalue weighted by molar-refractivity contribution is 5.24. The number of nitrogens with zero attached hydrogens (tertiary/aromatic N) is 1. The first-order valence-electron chi connectivity index (χ1n) is 4.29. The minimum Gasteiger partial charge on any atom is -0.388 e. The molecule has 1 rings (SSSR count). The van der Waals surface area contributed by atoms with Gasteiger partial charge in [0.25, 0.3) is 0 Å². The van der Waals surface area contributed by atoms with Crippen LogP contribution in [0.2, 0.25) is 0 Å². The van der Waals surface area contributed by atoms with Crippen molar-refractivity contribution in [3.8, 4) is 0 Å². The molecule has 2 nitrogen and oxygen atoms in total. The summed E-state index contributed by atoms with van der Waals surface area (Å²) >= 11 is 0. The molecule has 0 aliphatic heterocycles. The molecule has 0 aromatic heterocycles. The highest BCUT2D eigenvalue weighted by Crippen LogP contribution is 2.17. The van der Waals surface area contributed by atoms with Gasteiger partial charge >= 0.3 is 0 Å². The molecular formula is C10H17NO. The summed E-state index contributed by atoms with van der Waals surface area (Å²) < 4.78 is 0. The van der Waals surface area contributed by atoms with Crippen molar-refractivity contribution in [2.75, 3.05) is 20.6 Å². The Morgan fingerprint density at radius 1 is 1.50 bits per heavy atom. The van der Waals surface area contributed by atoms with Crippen molar-refractivity contribution in [2.24, 2.45) is 5.92 Å². The van der Waals surface area contributed by atoms with Gasteiger partial charge in [0.1, 0.15) is 0 Å². The van der Waals surface area contributed by atoms with Crippen molar-refractivity contribution in [2.45, 2.75) is 13.0 Å². The van der Waals surface area contributed by atoms with Gasteiger partial charge in [-0.25, -0.2) is 0 Å². The molecule has 2 atom stereocenters. The molecule has 1 aliphatic carbocycles. The van der Waals surface area contributed by atoms with E-state index in [4.69, 9.17) is 0 Å². The van der Waals surface area contributed by atoms with E-state index >= 15 is 0 Å². The van der Waals surface area contributed by atoms with Crippen molar-refractivity contribution in [1.29, 1.82) is 0 Å². The van der Waals surface area contributed by atoms with Crippen LogP contribution in [0.4, 0.5) is 0 Å². The maximum atomic E-state index is 9.58. The van der Waals surface area contributed by atoms with Crippen molar-refractivity contribution >= 4 is 0 Å². The van der Waals surface area contributed by atoms with Crippen molar-refractivity contribution < 1.29 is 5.11 Å². The molecule has 0 amide bonds. The molecule has 0 saturated carbocycles. The molecule has 0 heterocycles. The van der Waals surface area contributed by atoms with E-state index in [0.29, 0.717) is 0 Å². The molecule has 2 unspecified atom stereocenters. The number of rotatable bonds is 2. The number of hydrogen-bond donors (Lipinski definition) is 1. The Kier molecular flexibility index (Phi) is 3.06. The summed E-state index contributed by atoms with van der Waals surface area (Å²) in [6, 6.07) is 0. The average Bonchev–Trinajstić information content (AvgIpc) is 1.96.